The molecule has 2 N–H and O–H groups in total. The van der Waals surface area contributed by atoms with Crippen LogP contribution >= 0.6 is 23.1 Å². The van der Waals surface area contributed by atoms with Gasteiger partial charge >= 0.3 is 0 Å². The van der Waals surface area contributed by atoms with Gasteiger partial charge in [-0.1, -0.05) is 11.8 Å². The number of rotatable bonds is 9. The van der Waals surface area contributed by atoms with Crippen LogP contribution in [-0.4, -0.2) is 38.5 Å². The zero-order valence-electron chi connectivity index (χ0n) is 17.0. The minimum atomic E-state index is -0.299. The number of anilines is 2. The third kappa shape index (κ3) is 5.42. The van der Waals surface area contributed by atoms with Gasteiger partial charge in [0, 0.05) is 23.0 Å². The topological polar surface area (TPSA) is 94.0 Å². The van der Waals surface area contributed by atoms with Crippen molar-refractivity contribution in [3.63, 3.8) is 0 Å². The van der Waals surface area contributed by atoms with Crippen molar-refractivity contribution in [2.45, 2.75) is 11.7 Å². The lowest BCUT2D eigenvalue weighted by Gasteiger charge is -2.12. The van der Waals surface area contributed by atoms with Gasteiger partial charge in [-0.15, -0.1) is 21.5 Å². The second kappa shape index (κ2) is 10.2. The quantitative estimate of drug-likeness (QED) is 0.354. The Bertz CT molecular complexity index is 1160. The van der Waals surface area contributed by atoms with Crippen molar-refractivity contribution in [3.05, 3.63) is 71.7 Å². The van der Waals surface area contributed by atoms with Crippen molar-refractivity contribution in [2.24, 2.45) is 0 Å². The molecule has 4 aromatic rings. The third-order valence-corrected chi connectivity index (χ3v) is 5.95. The summed E-state index contributed by atoms with van der Waals surface area (Å²) >= 11 is 2.63. The summed E-state index contributed by atoms with van der Waals surface area (Å²) in [7, 11) is 1.61. The number of thiazole rings is 1. The molecule has 32 heavy (non-hydrogen) atoms. The first-order valence-electron chi connectivity index (χ1n) is 9.52. The van der Waals surface area contributed by atoms with E-state index in [9.17, 15) is 9.18 Å². The molecule has 0 fully saturated rings. The van der Waals surface area contributed by atoms with E-state index in [1.54, 1.807) is 30.8 Å². The van der Waals surface area contributed by atoms with Crippen LogP contribution in [0.4, 0.5) is 15.2 Å². The maximum atomic E-state index is 13.2. The molecule has 0 spiro atoms. The van der Waals surface area contributed by atoms with Gasteiger partial charge in [0.25, 0.3) is 0 Å². The number of aromatic nitrogens is 4. The first-order valence-corrected chi connectivity index (χ1v) is 11.4. The fraction of sp³-hybridized carbons (Fsp3) is 0.143. The molecule has 0 saturated carbocycles. The smallest absolute Gasteiger partial charge is 0.236 e. The van der Waals surface area contributed by atoms with E-state index in [2.05, 4.69) is 25.8 Å². The number of carbonyl (C=O) groups is 1. The van der Waals surface area contributed by atoms with Crippen molar-refractivity contribution in [1.82, 2.24) is 19.7 Å². The molecule has 2 aromatic heterocycles. The molecular formula is C21H19FN6O2S2. The summed E-state index contributed by atoms with van der Waals surface area (Å²) < 4.78 is 20.3. The predicted octanol–water partition coefficient (Wildman–Crippen LogP) is 4.21. The number of nitrogens with zero attached hydrogens (tertiary/aromatic N) is 4. The first-order chi connectivity index (χ1) is 15.6. The Kier molecular flexibility index (Phi) is 6.97. The first kappa shape index (κ1) is 21.8. The summed E-state index contributed by atoms with van der Waals surface area (Å²) in [6, 6.07) is 13.6. The Morgan fingerprint density at radius 3 is 2.62 bits per heavy atom. The van der Waals surface area contributed by atoms with Crippen molar-refractivity contribution in [2.75, 3.05) is 23.5 Å². The number of ether oxygens (including phenoxy) is 1. The Labute approximate surface area is 191 Å². The lowest BCUT2D eigenvalue weighted by Crippen LogP contribution is -2.14. The Morgan fingerprint density at radius 2 is 1.94 bits per heavy atom. The van der Waals surface area contributed by atoms with Crippen LogP contribution in [0.15, 0.2) is 65.3 Å². The molecule has 8 nitrogen and oxygen atoms in total. The highest BCUT2D eigenvalue weighted by Crippen LogP contribution is 2.25. The lowest BCUT2D eigenvalue weighted by molar-refractivity contribution is -0.113. The van der Waals surface area contributed by atoms with Gasteiger partial charge in [-0.05, 0) is 48.5 Å². The molecule has 0 unspecified atom stereocenters. The number of nitrogens with one attached hydrogen (secondary N) is 2. The molecule has 0 aliphatic heterocycles. The van der Waals surface area contributed by atoms with Gasteiger partial charge in [0.1, 0.15) is 11.6 Å². The highest BCUT2D eigenvalue weighted by atomic mass is 32.2. The molecule has 4 rings (SSSR count). The molecule has 0 aliphatic rings. The number of hydrogen-bond donors (Lipinski definition) is 2. The third-order valence-electron chi connectivity index (χ3n) is 4.34. The molecule has 11 heteroatoms. The van der Waals surface area contributed by atoms with Gasteiger partial charge in [0.2, 0.25) is 5.91 Å². The molecule has 0 aliphatic carbocycles. The predicted molar refractivity (Wildman–Crippen MR) is 123 cm³/mol. The second-order valence-corrected chi connectivity index (χ2v) is 8.30. The van der Waals surface area contributed by atoms with E-state index >= 15 is 0 Å². The second-order valence-electron chi connectivity index (χ2n) is 6.47. The number of hydrogen-bond acceptors (Lipinski definition) is 8. The number of amides is 1. The molecule has 0 bridgehead atoms. The van der Waals surface area contributed by atoms with E-state index in [-0.39, 0.29) is 17.5 Å². The fourth-order valence-electron chi connectivity index (χ4n) is 2.82. The fourth-order valence-corrected chi connectivity index (χ4v) is 4.13. The SMILES string of the molecule is COc1ccc(-n2c(CNc3ccc(F)cc3)nnc2SCC(=O)Nc2nccs2)cc1. The van der Waals surface area contributed by atoms with Gasteiger partial charge in [0.15, 0.2) is 16.1 Å². The lowest BCUT2D eigenvalue weighted by atomic mass is 10.3. The summed E-state index contributed by atoms with van der Waals surface area (Å²) in [5.74, 6) is 1.04. The van der Waals surface area contributed by atoms with Crippen molar-refractivity contribution >= 4 is 39.8 Å². The minimum absolute atomic E-state index is 0.152. The Hall–Kier alpha value is -3.44. The maximum absolute atomic E-state index is 13.2. The molecule has 2 heterocycles. The van der Waals surface area contributed by atoms with Gasteiger partial charge in [-0.25, -0.2) is 9.37 Å². The van der Waals surface area contributed by atoms with Gasteiger partial charge < -0.3 is 15.4 Å². The van der Waals surface area contributed by atoms with Crippen LogP contribution in [0.3, 0.4) is 0 Å². The van der Waals surface area contributed by atoms with Crippen LogP contribution in [0.2, 0.25) is 0 Å². The van der Waals surface area contributed by atoms with E-state index in [1.807, 2.05) is 28.8 Å². The van der Waals surface area contributed by atoms with E-state index in [0.29, 0.717) is 22.7 Å². The zero-order chi connectivity index (χ0) is 22.3. The van der Waals surface area contributed by atoms with Crippen LogP contribution in [0.25, 0.3) is 5.69 Å². The van der Waals surface area contributed by atoms with Crippen molar-refractivity contribution in [1.29, 1.82) is 0 Å². The van der Waals surface area contributed by atoms with Gasteiger partial charge in [-0.2, -0.15) is 0 Å². The highest BCUT2D eigenvalue weighted by molar-refractivity contribution is 7.99. The number of methoxy groups -OCH3 is 1. The van der Waals surface area contributed by atoms with Gasteiger partial charge in [-0.3, -0.25) is 9.36 Å². The monoisotopic (exact) mass is 470 g/mol. The molecule has 1 amide bonds. The van der Waals surface area contributed by atoms with Crippen molar-refractivity contribution in [3.8, 4) is 11.4 Å². The van der Waals surface area contributed by atoms with Crippen LogP contribution in [0.5, 0.6) is 5.75 Å². The van der Waals surface area contributed by atoms with Crippen LogP contribution in [-0.2, 0) is 11.3 Å². The molecule has 0 radical (unpaired) electrons. The highest BCUT2D eigenvalue weighted by Gasteiger charge is 2.16. The Morgan fingerprint density at radius 1 is 1.16 bits per heavy atom. The molecular weight excluding hydrogens is 451 g/mol. The summed E-state index contributed by atoms with van der Waals surface area (Å²) in [5.41, 5.74) is 1.59. The average molecular weight is 471 g/mol. The molecule has 0 atom stereocenters. The summed E-state index contributed by atoms with van der Waals surface area (Å²) in [5, 5.41) is 17.5. The molecule has 0 saturated heterocycles. The van der Waals surface area contributed by atoms with Crippen LogP contribution < -0.4 is 15.4 Å². The van der Waals surface area contributed by atoms with Crippen molar-refractivity contribution < 1.29 is 13.9 Å². The number of benzene rings is 2. The normalized spacial score (nSPS) is 10.7. The van der Waals surface area contributed by atoms with E-state index in [4.69, 9.17) is 4.74 Å². The molecule has 164 valence electrons. The standard InChI is InChI=1S/C21H19FN6O2S2/c1-30-17-8-6-16(7-9-17)28-18(12-24-15-4-2-14(22)3-5-15)26-27-21(28)32-13-19(29)25-20-23-10-11-31-20/h2-11,24H,12-13H2,1H3,(H,23,25,29). The number of thioether (sulfide) groups is 1. The zero-order valence-corrected chi connectivity index (χ0v) is 18.6. The number of halogens is 1. The van der Waals surface area contributed by atoms with E-state index in [1.165, 1.54) is 35.2 Å². The van der Waals surface area contributed by atoms with Crippen LogP contribution in [0, 0.1) is 5.82 Å². The van der Waals surface area contributed by atoms with Crippen LogP contribution in [0.1, 0.15) is 5.82 Å². The summed E-state index contributed by atoms with van der Waals surface area (Å²) in [6.45, 7) is 0.358. The Balaban J connectivity index is 1.53. The van der Waals surface area contributed by atoms with Gasteiger partial charge in [0.05, 0.1) is 19.4 Å². The van der Waals surface area contributed by atoms with E-state index < -0.39 is 0 Å². The maximum Gasteiger partial charge on any atom is 0.236 e. The summed E-state index contributed by atoms with van der Waals surface area (Å²) in [6.07, 6.45) is 1.63. The summed E-state index contributed by atoms with van der Waals surface area (Å²) in [4.78, 5) is 16.3. The average Bonchev–Trinajstić information content (AvgIpc) is 3.47. The molecule has 2 aromatic carbocycles. The number of carbonyl (C=O) groups excluding carboxylic acids is 1. The minimum Gasteiger partial charge on any atom is -0.497 e. The largest absolute Gasteiger partial charge is 0.497 e. The van der Waals surface area contributed by atoms with E-state index in [0.717, 1.165) is 17.1 Å².